The minimum Gasteiger partial charge on any atom is -0.281 e. The molecule has 95 valence electrons. The van der Waals surface area contributed by atoms with Gasteiger partial charge in [-0.2, -0.15) is 13.2 Å². The summed E-state index contributed by atoms with van der Waals surface area (Å²) in [6.45, 7) is 10.5. The molecule has 1 radical (unpaired) electrons. The predicted octanol–water partition coefficient (Wildman–Crippen LogP) is 3.88. The summed E-state index contributed by atoms with van der Waals surface area (Å²) in [4.78, 5) is 0. The molecule has 0 fully saturated rings. The number of alkyl halides is 3. The van der Waals surface area contributed by atoms with Crippen molar-refractivity contribution >= 4 is 14.1 Å². The summed E-state index contributed by atoms with van der Waals surface area (Å²) in [6, 6.07) is 0.895. The van der Waals surface area contributed by atoms with Crippen LogP contribution in [0.1, 0.15) is 0 Å². The molecule has 0 heterocycles. The highest BCUT2D eigenvalue weighted by atomic mass is 28.3. The number of nitrogens with zero attached hydrogens (tertiary/aromatic N) is 1. The van der Waals surface area contributed by atoms with Crippen LogP contribution >= 0.6 is 0 Å². The van der Waals surface area contributed by atoms with Crippen LogP contribution in [0.4, 0.5) is 13.2 Å². The van der Waals surface area contributed by atoms with Gasteiger partial charge in [-0.15, -0.1) is 19.7 Å². The first-order chi connectivity index (χ1) is 7.81. The third-order valence-corrected chi connectivity index (χ3v) is 5.98. The molecular formula is C11H15F3NOSi. The molecule has 2 nitrogen and oxygen atoms in total. The van der Waals surface area contributed by atoms with Gasteiger partial charge < -0.3 is 0 Å². The molecule has 0 unspecified atom stereocenters. The molecule has 0 aromatic carbocycles. The van der Waals surface area contributed by atoms with E-state index in [1.54, 1.807) is 0 Å². The SMILES string of the molecule is C=CC[Si](CC=C)(CC=C)N=C([O])C(F)(F)F. The van der Waals surface area contributed by atoms with E-state index in [0.717, 1.165) is 0 Å². The van der Waals surface area contributed by atoms with Gasteiger partial charge in [0.15, 0.2) is 8.24 Å². The number of rotatable bonds is 7. The first-order valence-corrected chi connectivity index (χ1v) is 7.55. The number of halogens is 3. The van der Waals surface area contributed by atoms with Crippen LogP contribution < -0.4 is 0 Å². The molecule has 0 bridgehead atoms. The van der Waals surface area contributed by atoms with Crippen molar-refractivity contribution in [2.24, 2.45) is 4.66 Å². The van der Waals surface area contributed by atoms with E-state index in [9.17, 15) is 18.3 Å². The molecule has 0 rings (SSSR count). The Labute approximate surface area is 100.0 Å². The topological polar surface area (TPSA) is 32.3 Å². The molecule has 0 aliphatic heterocycles. The Balaban J connectivity index is 5.33. The van der Waals surface area contributed by atoms with Crippen molar-refractivity contribution < 1.29 is 18.3 Å². The molecule has 0 aliphatic carbocycles. The summed E-state index contributed by atoms with van der Waals surface area (Å²) in [5.74, 6) is -2.02. The predicted molar refractivity (Wildman–Crippen MR) is 64.9 cm³/mol. The maximum atomic E-state index is 12.2. The molecular weight excluding hydrogens is 247 g/mol. The second-order valence-electron chi connectivity index (χ2n) is 3.62. The van der Waals surface area contributed by atoms with Gasteiger partial charge in [-0.3, -0.25) is 9.76 Å². The largest absolute Gasteiger partial charge is 0.472 e. The van der Waals surface area contributed by atoms with Gasteiger partial charge in [0.25, 0.3) is 0 Å². The van der Waals surface area contributed by atoms with Gasteiger partial charge in [-0.25, -0.2) is 0 Å². The lowest BCUT2D eigenvalue weighted by atomic mass is 10.7. The Morgan fingerprint density at radius 1 is 1.06 bits per heavy atom. The zero-order valence-corrected chi connectivity index (χ0v) is 10.5. The Morgan fingerprint density at radius 3 is 1.65 bits per heavy atom. The monoisotopic (exact) mass is 262 g/mol. The molecule has 0 atom stereocenters. The smallest absolute Gasteiger partial charge is 0.281 e. The van der Waals surface area contributed by atoms with Gasteiger partial charge in [0, 0.05) is 0 Å². The zero-order chi connectivity index (χ0) is 13.5. The number of hydrogen-bond acceptors (Lipinski definition) is 1. The van der Waals surface area contributed by atoms with E-state index >= 15 is 0 Å². The van der Waals surface area contributed by atoms with Gasteiger partial charge in [-0.05, 0) is 18.1 Å². The van der Waals surface area contributed by atoms with Gasteiger partial charge in [0.2, 0.25) is 0 Å². The third-order valence-electron chi connectivity index (χ3n) is 2.15. The number of allylic oxidation sites excluding steroid dienone is 3. The summed E-state index contributed by atoms with van der Waals surface area (Å²) in [5, 5.41) is 10.9. The van der Waals surface area contributed by atoms with Crippen LogP contribution in [0.5, 0.6) is 0 Å². The van der Waals surface area contributed by atoms with Crippen molar-refractivity contribution in [1.82, 2.24) is 0 Å². The van der Waals surface area contributed by atoms with Gasteiger partial charge >= 0.3 is 12.1 Å². The minimum absolute atomic E-state index is 0.298. The normalized spacial score (nSPS) is 13.2. The van der Waals surface area contributed by atoms with Crippen LogP contribution in [-0.4, -0.2) is 20.3 Å². The van der Waals surface area contributed by atoms with Crippen molar-refractivity contribution in [1.29, 1.82) is 0 Å². The maximum absolute atomic E-state index is 12.2. The Bertz CT molecular complexity index is 297. The van der Waals surface area contributed by atoms with E-state index in [4.69, 9.17) is 0 Å². The molecule has 0 aromatic rings. The van der Waals surface area contributed by atoms with Crippen LogP contribution in [0.2, 0.25) is 18.1 Å². The molecule has 0 saturated carbocycles. The highest BCUT2D eigenvalue weighted by molar-refractivity contribution is 6.80. The fourth-order valence-electron chi connectivity index (χ4n) is 1.47. The Hall–Kier alpha value is -1.30. The molecule has 6 heteroatoms. The standard InChI is InChI=1S/C11H15F3NOSi/c1-4-7-17(8-5-2,9-6-3)15-10(16)11(12,13)14/h4-6H,1-3,7-9H2. The van der Waals surface area contributed by atoms with Crippen molar-refractivity contribution in [2.75, 3.05) is 0 Å². The molecule has 17 heavy (non-hydrogen) atoms. The van der Waals surface area contributed by atoms with Crippen LogP contribution in [0, 0.1) is 0 Å². The van der Waals surface area contributed by atoms with Gasteiger partial charge in [0.05, 0.1) is 0 Å². The summed E-state index contributed by atoms with van der Waals surface area (Å²) < 4.78 is 40.0. The summed E-state index contributed by atoms with van der Waals surface area (Å²) >= 11 is 0. The van der Waals surface area contributed by atoms with Gasteiger partial charge in [-0.1, -0.05) is 18.2 Å². The quantitative estimate of drug-likeness (QED) is 0.289. The van der Waals surface area contributed by atoms with Crippen molar-refractivity contribution in [3.05, 3.63) is 38.0 Å². The highest BCUT2D eigenvalue weighted by Gasteiger charge is 2.42. The maximum Gasteiger partial charge on any atom is 0.472 e. The molecule has 0 N–H and O–H groups in total. The van der Waals surface area contributed by atoms with Crippen LogP contribution in [0.3, 0.4) is 0 Å². The molecule has 0 amide bonds. The van der Waals surface area contributed by atoms with E-state index in [0.29, 0.717) is 18.1 Å². The van der Waals surface area contributed by atoms with Crippen LogP contribution in [-0.2, 0) is 5.11 Å². The number of hydrogen-bond donors (Lipinski definition) is 0. The molecule has 0 aliphatic rings. The second-order valence-corrected chi connectivity index (χ2v) is 7.51. The lowest BCUT2D eigenvalue weighted by Crippen LogP contribution is -2.35. The summed E-state index contributed by atoms with van der Waals surface area (Å²) in [7, 11) is -2.77. The van der Waals surface area contributed by atoms with E-state index in [1.165, 1.54) is 18.2 Å². The third kappa shape index (κ3) is 5.03. The first-order valence-electron chi connectivity index (χ1n) is 4.98. The first kappa shape index (κ1) is 15.7. The molecule has 0 spiro atoms. The summed E-state index contributed by atoms with van der Waals surface area (Å²) in [6.07, 6.45) is -0.438. The van der Waals surface area contributed by atoms with E-state index in [1.807, 2.05) is 0 Å². The Morgan fingerprint density at radius 2 is 1.41 bits per heavy atom. The fourth-order valence-corrected chi connectivity index (χ4v) is 4.42. The van der Waals surface area contributed by atoms with Crippen LogP contribution in [0.25, 0.3) is 0 Å². The fraction of sp³-hybridized carbons (Fsp3) is 0.364. The van der Waals surface area contributed by atoms with Gasteiger partial charge in [0.1, 0.15) is 0 Å². The average molecular weight is 262 g/mol. The van der Waals surface area contributed by atoms with E-state index in [2.05, 4.69) is 24.4 Å². The lowest BCUT2D eigenvalue weighted by Gasteiger charge is -2.23. The Kier molecular flexibility index (Phi) is 5.94. The minimum atomic E-state index is -4.91. The molecule has 0 aromatic heterocycles. The van der Waals surface area contributed by atoms with E-state index < -0.39 is 20.3 Å². The zero-order valence-electron chi connectivity index (χ0n) is 9.46. The average Bonchev–Trinajstić information content (AvgIpc) is 2.17. The van der Waals surface area contributed by atoms with Crippen LogP contribution in [0.15, 0.2) is 42.6 Å². The molecule has 0 saturated heterocycles. The second kappa shape index (κ2) is 6.44. The van der Waals surface area contributed by atoms with Crippen molar-refractivity contribution in [2.45, 2.75) is 24.3 Å². The van der Waals surface area contributed by atoms with Crippen molar-refractivity contribution in [3.8, 4) is 0 Å². The van der Waals surface area contributed by atoms with E-state index in [-0.39, 0.29) is 0 Å². The highest BCUT2D eigenvalue weighted by Crippen LogP contribution is 2.27. The summed E-state index contributed by atoms with van der Waals surface area (Å²) in [5.41, 5.74) is 0. The lowest BCUT2D eigenvalue weighted by molar-refractivity contribution is -0.0772. The van der Waals surface area contributed by atoms with Crippen molar-refractivity contribution in [3.63, 3.8) is 0 Å².